The van der Waals surface area contributed by atoms with Gasteiger partial charge in [0.05, 0.1) is 18.3 Å². The van der Waals surface area contributed by atoms with Gasteiger partial charge in [0.15, 0.2) is 0 Å². The number of fused-ring (bicyclic) bond motifs is 1. The number of benzene rings is 2. The molecule has 0 spiro atoms. The number of rotatable bonds is 2. The summed E-state index contributed by atoms with van der Waals surface area (Å²) in [5, 5.41) is 6.21. The number of hydrogen-bond acceptors (Lipinski definition) is 2. The van der Waals surface area contributed by atoms with Crippen molar-refractivity contribution < 1.29 is 0 Å². The molecular formula is C14H12ClN3. The Morgan fingerprint density at radius 1 is 1.17 bits per heavy atom. The summed E-state index contributed by atoms with van der Waals surface area (Å²) in [6, 6.07) is 13.6. The van der Waals surface area contributed by atoms with E-state index in [4.69, 9.17) is 17.3 Å². The Balaban J connectivity index is 2.04. The van der Waals surface area contributed by atoms with Gasteiger partial charge in [0.1, 0.15) is 0 Å². The molecule has 18 heavy (non-hydrogen) atoms. The maximum atomic E-state index is 6.17. The first kappa shape index (κ1) is 11.1. The van der Waals surface area contributed by atoms with Crippen LogP contribution >= 0.6 is 11.6 Å². The highest BCUT2D eigenvalue weighted by Gasteiger charge is 2.06. The molecule has 2 aromatic carbocycles. The first-order chi connectivity index (χ1) is 8.74. The molecule has 0 radical (unpaired) electrons. The van der Waals surface area contributed by atoms with Crippen molar-refractivity contribution in [3.63, 3.8) is 0 Å². The van der Waals surface area contributed by atoms with Crippen molar-refractivity contribution >= 4 is 28.2 Å². The Morgan fingerprint density at radius 3 is 2.89 bits per heavy atom. The number of nitrogen functional groups attached to an aromatic ring is 1. The van der Waals surface area contributed by atoms with Crippen molar-refractivity contribution in [3.05, 3.63) is 59.2 Å². The minimum absolute atomic E-state index is 0.622. The third-order valence-electron chi connectivity index (χ3n) is 2.94. The largest absolute Gasteiger partial charge is 0.399 e. The van der Waals surface area contributed by atoms with Gasteiger partial charge in [0.2, 0.25) is 0 Å². The predicted molar refractivity (Wildman–Crippen MR) is 74.7 cm³/mol. The summed E-state index contributed by atoms with van der Waals surface area (Å²) in [5.74, 6) is 0. The van der Waals surface area contributed by atoms with Crippen LogP contribution in [0.4, 0.5) is 5.69 Å². The average molecular weight is 258 g/mol. The second-order valence-electron chi connectivity index (χ2n) is 4.21. The quantitative estimate of drug-likeness (QED) is 0.716. The predicted octanol–water partition coefficient (Wildman–Crippen LogP) is 3.32. The van der Waals surface area contributed by atoms with Crippen LogP contribution in [0.25, 0.3) is 10.9 Å². The van der Waals surface area contributed by atoms with Crippen LogP contribution in [0.2, 0.25) is 5.02 Å². The van der Waals surface area contributed by atoms with Gasteiger partial charge >= 0.3 is 0 Å². The van der Waals surface area contributed by atoms with E-state index in [1.807, 2.05) is 47.3 Å². The lowest BCUT2D eigenvalue weighted by molar-refractivity contribution is 0.712. The molecule has 0 amide bonds. The van der Waals surface area contributed by atoms with Crippen LogP contribution in [0.1, 0.15) is 5.56 Å². The second-order valence-corrected chi connectivity index (χ2v) is 4.62. The van der Waals surface area contributed by atoms with E-state index in [2.05, 4.69) is 5.10 Å². The monoisotopic (exact) mass is 257 g/mol. The number of hydrogen-bond donors (Lipinski definition) is 1. The summed E-state index contributed by atoms with van der Waals surface area (Å²) in [7, 11) is 0. The van der Waals surface area contributed by atoms with Crippen molar-refractivity contribution in [2.24, 2.45) is 0 Å². The van der Waals surface area contributed by atoms with Crippen LogP contribution in [0.5, 0.6) is 0 Å². The molecule has 4 heteroatoms. The first-order valence-electron chi connectivity index (χ1n) is 5.68. The minimum Gasteiger partial charge on any atom is -0.399 e. The molecule has 0 aliphatic heterocycles. The molecule has 3 rings (SSSR count). The van der Waals surface area contributed by atoms with Gasteiger partial charge in [-0.25, -0.2) is 0 Å². The van der Waals surface area contributed by atoms with Crippen LogP contribution in [-0.2, 0) is 6.54 Å². The molecule has 3 nitrogen and oxygen atoms in total. The van der Waals surface area contributed by atoms with Gasteiger partial charge in [-0.3, -0.25) is 4.68 Å². The Hall–Kier alpha value is -2.00. The molecule has 1 aromatic heterocycles. The zero-order chi connectivity index (χ0) is 12.5. The normalized spacial score (nSPS) is 10.9. The number of halogens is 1. The van der Waals surface area contributed by atoms with E-state index >= 15 is 0 Å². The molecular weight excluding hydrogens is 246 g/mol. The van der Waals surface area contributed by atoms with Crippen LogP contribution in [-0.4, -0.2) is 9.78 Å². The van der Waals surface area contributed by atoms with Crippen molar-refractivity contribution in [1.29, 1.82) is 0 Å². The lowest BCUT2D eigenvalue weighted by Crippen LogP contribution is -2.02. The van der Waals surface area contributed by atoms with Crippen LogP contribution in [0.15, 0.2) is 48.7 Å². The number of aromatic nitrogens is 2. The highest BCUT2D eigenvalue weighted by atomic mass is 35.5. The number of nitrogens with two attached hydrogens (primary N) is 1. The summed E-state index contributed by atoms with van der Waals surface area (Å²) in [5.41, 5.74) is 8.57. The topological polar surface area (TPSA) is 43.8 Å². The highest BCUT2D eigenvalue weighted by molar-refractivity contribution is 6.31. The van der Waals surface area contributed by atoms with Crippen LogP contribution in [0.3, 0.4) is 0 Å². The van der Waals surface area contributed by atoms with Gasteiger partial charge in [0.25, 0.3) is 0 Å². The molecule has 1 heterocycles. The van der Waals surface area contributed by atoms with Gasteiger partial charge in [-0.1, -0.05) is 29.8 Å². The van der Waals surface area contributed by atoms with Gasteiger partial charge in [-0.2, -0.15) is 5.10 Å². The highest BCUT2D eigenvalue weighted by Crippen LogP contribution is 2.21. The summed E-state index contributed by atoms with van der Waals surface area (Å²) < 4.78 is 1.93. The van der Waals surface area contributed by atoms with Gasteiger partial charge in [-0.15, -0.1) is 0 Å². The molecule has 0 unspecified atom stereocenters. The van der Waals surface area contributed by atoms with E-state index in [1.54, 1.807) is 6.07 Å². The second kappa shape index (κ2) is 4.35. The van der Waals surface area contributed by atoms with Crippen molar-refractivity contribution in [1.82, 2.24) is 9.78 Å². The summed E-state index contributed by atoms with van der Waals surface area (Å²) in [4.78, 5) is 0. The Morgan fingerprint density at radius 2 is 2.00 bits per heavy atom. The van der Waals surface area contributed by atoms with E-state index in [-0.39, 0.29) is 0 Å². The van der Waals surface area contributed by atoms with Gasteiger partial charge in [-0.05, 0) is 29.8 Å². The zero-order valence-electron chi connectivity index (χ0n) is 9.68. The van der Waals surface area contributed by atoms with Crippen molar-refractivity contribution in [3.8, 4) is 0 Å². The molecule has 0 atom stereocenters. The molecule has 0 bridgehead atoms. The summed E-state index contributed by atoms with van der Waals surface area (Å²) in [6.45, 7) is 0.622. The zero-order valence-corrected chi connectivity index (χ0v) is 10.4. The standard InChI is InChI=1S/C14H12ClN3/c15-13-6-5-12(16)7-11(13)9-18-14-4-2-1-3-10(14)8-17-18/h1-8H,9,16H2. The van der Waals surface area contributed by atoms with E-state index in [0.717, 1.165) is 16.5 Å². The number of anilines is 1. The van der Waals surface area contributed by atoms with Crippen molar-refractivity contribution in [2.75, 3.05) is 5.73 Å². The molecule has 0 aliphatic carbocycles. The molecule has 0 aliphatic rings. The molecule has 3 aromatic rings. The molecule has 0 saturated carbocycles. The molecule has 0 saturated heterocycles. The number of para-hydroxylation sites is 1. The van der Waals surface area contributed by atoms with Crippen molar-refractivity contribution in [2.45, 2.75) is 6.54 Å². The lowest BCUT2D eigenvalue weighted by Gasteiger charge is -2.07. The third kappa shape index (κ3) is 1.93. The van der Waals surface area contributed by atoms with E-state index in [1.165, 1.54) is 0 Å². The van der Waals surface area contributed by atoms with E-state index in [9.17, 15) is 0 Å². The maximum Gasteiger partial charge on any atom is 0.0686 e. The summed E-state index contributed by atoms with van der Waals surface area (Å²) in [6.07, 6.45) is 1.86. The van der Waals surface area contributed by atoms with Crippen LogP contribution in [0, 0.1) is 0 Å². The third-order valence-corrected chi connectivity index (χ3v) is 3.31. The van der Waals surface area contributed by atoms with E-state index in [0.29, 0.717) is 17.3 Å². The average Bonchev–Trinajstić information content (AvgIpc) is 2.78. The fourth-order valence-corrected chi connectivity index (χ4v) is 2.21. The smallest absolute Gasteiger partial charge is 0.0686 e. The SMILES string of the molecule is Nc1ccc(Cl)c(Cn2ncc3ccccc32)c1. The van der Waals surface area contributed by atoms with Gasteiger partial charge < -0.3 is 5.73 Å². The van der Waals surface area contributed by atoms with Crippen LogP contribution < -0.4 is 5.73 Å². The van der Waals surface area contributed by atoms with E-state index < -0.39 is 0 Å². The Bertz CT molecular complexity index is 703. The Labute approximate surface area is 110 Å². The number of nitrogens with zero attached hydrogens (tertiary/aromatic N) is 2. The van der Waals surface area contributed by atoms with Gasteiger partial charge in [0, 0.05) is 16.1 Å². The molecule has 2 N–H and O–H groups in total. The molecule has 0 fully saturated rings. The lowest BCUT2D eigenvalue weighted by atomic mass is 10.2. The summed E-state index contributed by atoms with van der Waals surface area (Å²) >= 11 is 6.17. The minimum atomic E-state index is 0.622. The molecule has 90 valence electrons. The Kier molecular flexibility index (Phi) is 2.68. The maximum absolute atomic E-state index is 6.17. The fraction of sp³-hybridized carbons (Fsp3) is 0.0714. The fourth-order valence-electron chi connectivity index (χ4n) is 2.03. The first-order valence-corrected chi connectivity index (χ1v) is 6.06.